The molecule has 4 aromatic rings. The molecule has 4 rings (SSSR count). The van der Waals surface area contributed by atoms with Crippen LogP contribution in [0.5, 0.6) is 0 Å². The minimum Gasteiger partial charge on any atom is -0.348 e. The summed E-state index contributed by atoms with van der Waals surface area (Å²) in [7, 11) is 0. The van der Waals surface area contributed by atoms with Crippen LogP contribution in [0, 0.1) is 5.82 Å². The number of aromatic nitrogens is 6. The highest BCUT2D eigenvalue weighted by Gasteiger charge is 2.13. The Balaban J connectivity index is 0.00000240. The third-order valence-electron chi connectivity index (χ3n) is 3.85. The fourth-order valence-electron chi connectivity index (χ4n) is 2.50. The minimum absolute atomic E-state index is 0. The lowest BCUT2D eigenvalue weighted by atomic mass is 10.1. The summed E-state index contributed by atoms with van der Waals surface area (Å²) >= 11 is 0. The highest BCUT2D eigenvalue weighted by Crippen LogP contribution is 2.23. The number of hydrogen-bond acceptors (Lipinski definition) is 9. The van der Waals surface area contributed by atoms with Crippen LogP contribution in [-0.4, -0.2) is 30.1 Å². The van der Waals surface area contributed by atoms with Gasteiger partial charge in [0.05, 0.1) is 12.2 Å². The molecule has 0 radical (unpaired) electrons. The summed E-state index contributed by atoms with van der Waals surface area (Å²) in [5.41, 5.74) is 1.35. The second-order valence-corrected chi connectivity index (χ2v) is 5.85. The van der Waals surface area contributed by atoms with E-state index >= 15 is 0 Å². The predicted octanol–water partition coefficient (Wildman–Crippen LogP) is 3.79. The van der Waals surface area contributed by atoms with Crippen molar-refractivity contribution >= 4 is 30.0 Å². The van der Waals surface area contributed by atoms with Gasteiger partial charge in [0.15, 0.2) is 0 Å². The third kappa shape index (κ3) is 4.99. The van der Waals surface area contributed by atoms with Crippen LogP contribution in [0.25, 0.3) is 11.5 Å². The van der Waals surface area contributed by atoms with Gasteiger partial charge in [0.1, 0.15) is 23.1 Å². The van der Waals surface area contributed by atoms with E-state index in [2.05, 4.69) is 40.7 Å². The van der Waals surface area contributed by atoms with Gasteiger partial charge in [-0.1, -0.05) is 17.3 Å². The molecule has 1 aromatic carbocycles. The van der Waals surface area contributed by atoms with E-state index in [-0.39, 0.29) is 24.3 Å². The van der Waals surface area contributed by atoms with Gasteiger partial charge >= 0.3 is 0 Å². The molecule has 0 saturated carbocycles. The molecule has 0 aliphatic heterocycles. The zero-order valence-corrected chi connectivity index (χ0v) is 16.0. The third-order valence-corrected chi connectivity index (χ3v) is 3.85. The predicted molar refractivity (Wildman–Crippen MR) is 106 cm³/mol. The fourth-order valence-corrected chi connectivity index (χ4v) is 2.50. The zero-order valence-electron chi connectivity index (χ0n) is 15.2. The van der Waals surface area contributed by atoms with Crippen LogP contribution in [0.15, 0.2) is 59.8 Å². The first kappa shape index (κ1) is 20.1. The Labute approximate surface area is 171 Å². The normalized spacial score (nSPS) is 11.4. The average Bonchev–Trinajstić information content (AvgIpc) is 3.24. The molecule has 29 heavy (non-hydrogen) atoms. The van der Waals surface area contributed by atoms with E-state index < -0.39 is 0 Å². The van der Waals surface area contributed by atoms with Gasteiger partial charge in [0.25, 0.3) is 0 Å². The summed E-state index contributed by atoms with van der Waals surface area (Å²) in [6.45, 7) is 1.92. The van der Waals surface area contributed by atoms with Crippen molar-refractivity contribution in [3.63, 3.8) is 0 Å². The van der Waals surface area contributed by atoms with Gasteiger partial charge in [0.2, 0.25) is 18.2 Å². The Morgan fingerprint density at radius 3 is 2.55 bits per heavy atom. The van der Waals surface area contributed by atoms with E-state index in [1.54, 1.807) is 36.8 Å². The Bertz CT molecular complexity index is 1050. The van der Waals surface area contributed by atoms with Crippen molar-refractivity contribution in [1.82, 2.24) is 30.1 Å². The first-order valence-corrected chi connectivity index (χ1v) is 8.38. The standard InChI is InChI=1S/C18H15FN8O.ClH/c1-11(12-2-4-13(19)5-3-12)23-18-24-14(17-22-10-28-27-17)8-15(26-18)25-16-9-20-6-7-21-16;/h2-11H,1H3,(H2,21,23,24,25,26);1H. The average molecular weight is 415 g/mol. The minimum atomic E-state index is -0.290. The lowest BCUT2D eigenvalue weighted by molar-refractivity contribution is 0.418. The van der Waals surface area contributed by atoms with Crippen molar-refractivity contribution in [2.24, 2.45) is 0 Å². The van der Waals surface area contributed by atoms with Crippen molar-refractivity contribution in [2.45, 2.75) is 13.0 Å². The first-order valence-electron chi connectivity index (χ1n) is 8.38. The zero-order chi connectivity index (χ0) is 19.3. The van der Waals surface area contributed by atoms with Crippen LogP contribution >= 0.6 is 12.4 Å². The Kier molecular flexibility index (Phi) is 6.25. The lowest BCUT2D eigenvalue weighted by Gasteiger charge is -2.15. The summed E-state index contributed by atoms with van der Waals surface area (Å²) in [6.07, 6.45) is 5.94. The van der Waals surface area contributed by atoms with E-state index in [1.807, 2.05) is 6.92 Å². The maximum Gasteiger partial charge on any atom is 0.225 e. The topological polar surface area (TPSA) is 115 Å². The Morgan fingerprint density at radius 2 is 1.86 bits per heavy atom. The van der Waals surface area contributed by atoms with Crippen molar-refractivity contribution in [1.29, 1.82) is 0 Å². The summed E-state index contributed by atoms with van der Waals surface area (Å²) in [4.78, 5) is 21.1. The molecular formula is C18H16ClFN8O. The van der Waals surface area contributed by atoms with Crippen LogP contribution in [-0.2, 0) is 0 Å². The lowest BCUT2D eigenvalue weighted by Crippen LogP contribution is -2.11. The molecule has 9 nitrogen and oxygen atoms in total. The molecule has 0 amide bonds. The molecule has 0 aliphatic rings. The van der Waals surface area contributed by atoms with Gasteiger partial charge in [-0.3, -0.25) is 4.98 Å². The molecule has 3 heterocycles. The maximum absolute atomic E-state index is 13.2. The molecule has 148 valence electrons. The maximum atomic E-state index is 13.2. The van der Waals surface area contributed by atoms with Crippen molar-refractivity contribution in [2.75, 3.05) is 10.6 Å². The van der Waals surface area contributed by atoms with Crippen LogP contribution in [0.2, 0.25) is 0 Å². The Morgan fingerprint density at radius 1 is 1.03 bits per heavy atom. The number of nitrogens with one attached hydrogen (secondary N) is 2. The second kappa shape index (κ2) is 9.02. The number of benzene rings is 1. The number of nitrogens with zero attached hydrogens (tertiary/aromatic N) is 6. The summed E-state index contributed by atoms with van der Waals surface area (Å²) < 4.78 is 18.0. The molecule has 0 spiro atoms. The summed E-state index contributed by atoms with van der Waals surface area (Å²) in [5.74, 6) is 1.37. The molecule has 3 aromatic heterocycles. The van der Waals surface area contributed by atoms with Gasteiger partial charge in [-0.2, -0.15) is 9.97 Å². The fraction of sp³-hybridized carbons (Fsp3) is 0.111. The molecule has 0 aliphatic carbocycles. The van der Waals surface area contributed by atoms with E-state index in [0.29, 0.717) is 29.1 Å². The quantitative estimate of drug-likeness (QED) is 0.486. The highest BCUT2D eigenvalue weighted by molar-refractivity contribution is 5.85. The van der Waals surface area contributed by atoms with E-state index in [4.69, 9.17) is 4.52 Å². The van der Waals surface area contributed by atoms with E-state index in [1.165, 1.54) is 18.5 Å². The summed E-state index contributed by atoms with van der Waals surface area (Å²) in [6, 6.07) is 7.73. The number of halogens is 2. The molecule has 1 unspecified atom stereocenters. The molecule has 2 N–H and O–H groups in total. The van der Waals surface area contributed by atoms with Crippen LogP contribution in [0.3, 0.4) is 0 Å². The van der Waals surface area contributed by atoms with Gasteiger partial charge in [0, 0.05) is 18.5 Å². The molecular weight excluding hydrogens is 399 g/mol. The summed E-state index contributed by atoms with van der Waals surface area (Å²) in [5, 5.41) is 10.1. The monoisotopic (exact) mass is 414 g/mol. The molecule has 11 heteroatoms. The SMILES string of the molecule is CC(Nc1nc(Nc2cnccn2)cc(-c2ncon2)n1)c1ccc(F)cc1.Cl. The number of anilines is 3. The van der Waals surface area contributed by atoms with Crippen molar-refractivity contribution in [3.8, 4) is 11.5 Å². The highest BCUT2D eigenvalue weighted by atomic mass is 35.5. The van der Waals surface area contributed by atoms with E-state index in [0.717, 1.165) is 5.56 Å². The van der Waals surface area contributed by atoms with E-state index in [9.17, 15) is 4.39 Å². The smallest absolute Gasteiger partial charge is 0.225 e. The van der Waals surface area contributed by atoms with Crippen LogP contribution in [0.1, 0.15) is 18.5 Å². The molecule has 0 bridgehead atoms. The first-order chi connectivity index (χ1) is 13.7. The van der Waals surface area contributed by atoms with Crippen molar-refractivity contribution in [3.05, 3.63) is 66.7 Å². The number of rotatable bonds is 6. The van der Waals surface area contributed by atoms with Crippen LogP contribution in [0.4, 0.5) is 22.0 Å². The molecule has 0 fully saturated rings. The Hall–Kier alpha value is -3.66. The van der Waals surface area contributed by atoms with Crippen molar-refractivity contribution < 1.29 is 8.91 Å². The van der Waals surface area contributed by atoms with Gasteiger partial charge in [-0.05, 0) is 24.6 Å². The van der Waals surface area contributed by atoms with Crippen LogP contribution < -0.4 is 10.6 Å². The molecule has 1 atom stereocenters. The van der Waals surface area contributed by atoms with Gasteiger partial charge in [-0.15, -0.1) is 12.4 Å². The largest absolute Gasteiger partial charge is 0.348 e. The number of hydrogen-bond donors (Lipinski definition) is 2. The second-order valence-electron chi connectivity index (χ2n) is 5.85. The van der Waals surface area contributed by atoms with Gasteiger partial charge in [-0.25, -0.2) is 14.4 Å². The molecule has 0 saturated heterocycles. The van der Waals surface area contributed by atoms with Gasteiger partial charge < -0.3 is 15.2 Å².